The third-order valence-electron chi connectivity index (χ3n) is 15.1. The summed E-state index contributed by atoms with van der Waals surface area (Å²) in [6.45, 7) is 7.57. The van der Waals surface area contributed by atoms with Crippen LogP contribution in [0, 0.1) is 29.1 Å². The smallest absolute Gasteiger partial charge is 0.407 e. The lowest BCUT2D eigenvalue weighted by molar-refractivity contribution is -0.144. The SMILES string of the molecule is COC(=O)N[C@H](C(=O)N1CC2(CC2)C[C@H]1c1ncc(-c2ccc3c(c2)C(F)(F)c2cc(-c4ccc5nc([C@@H]6[C@H]7CC[C@H](C7)N6C(=O)[C@@H](CC(=O)CO)C(C)C)[nH]c5c4)ccc2-3)[nH]1)C(C)C. The molecule has 2 aromatic heterocycles. The fraction of sp³-hybridized carbons (Fsp3) is 0.480. The van der Waals surface area contributed by atoms with E-state index in [1.54, 1.807) is 29.3 Å². The van der Waals surface area contributed by atoms with Crippen molar-refractivity contribution >= 4 is 34.7 Å². The predicted octanol–water partition coefficient (Wildman–Crippen LogP) is 8.45. The molecule has 3 amide bonds. The van der Waals surface area contributed by atoms with Gasteiger partial charge in [-0.05, 0) is 108 Å². The van der Waals surface area contributed by atoms with Crippen LogP contribution in [0.2, 0.25) is 0 Å². The summed E-state index contributed by atoms with van der Waals surface area (Å²) in [6.07, 6.45) is 6.42. The van der Waals surface area contributed by atoms with Crippen LogP contribution in [0.1, 0.15) is 108 Å². The second-order valence-corrected chi connectivity index (χ2v) is 19.8. The van der Waals surface area contributed by atoms with Gasteiger partial charge in [-0.1, -0.05) is 58.0 Å². The third kappa shape index (κ3) is 7.30. The van der Waals surface area contributed by atoms with Gasteiger partial charge in [-0.2, -0.15) is 8.78 Å². The number of halogens is 2. The van der Waals surface area contributed by atoms with Gasteiger partial charge in [-0.15, -0.1) is 0 Å². The number of H-pyrrole nitrogens is 2. The molecule has 2 bridgehead atoms. The first-order chi connectivity index (χ1) is 31.1. The lowest BCUT2D eigenvalue weighted by Crippen LogP contribution is -2.51. The van der Waals surface area contributed by atoms with Gasteiger partial charge in [0.15, 0.2) is 5.78 Å². The number of alkyl halides is 2. The third-order valence-corrected chi connectivity index (χ3v) is 15.1. The quantitative estimate of drug-likeness (QED) is 0.0966. The van der Waals surface area contributed by atoms with E-state index in [2.05, 4.69) is 15.3 Å². The summed E-state index contributed by atoms with van der Waals surface area (Å²) in [5.74, 6) is -3.24. The van der Waals surface area contributed by atoms with E-state index in [4.69, 9.17) is 14.7 Å². The number of Topliss-reactive ketones (excluding diaryl/α,β-unsaturated/α-hetero) is 1. The Hall–Kier alpha value is -5.96. The number of carbonyl (C=O) groups excluding carboxylic acids is 4. The molecule has 4 heterocycles. The van der Waals surface area contributed by atoms with Crippen LogP contribution in [-0.2, 0) is 25.0 Å². The molecule has 2 saturated carbocycles. The molecular weight excluding hydrogens is 833 g/mol. The predicted molar refractivity (Wildman–Crippen MR) is 238 cm³/mol. The fourth-order valence-corrected chi connectivity index (χ4v) is 11.3. The number of rotatable bonds is 12. The number of fused-ring (bicyclic) bond motifs is 6. The molecule has 65 heavy (non-hydrogen) atoms. The van der Waals surface area contributed by atoms with Gasteiger partial charge in [0.2, 0.25) is 11.8 Å². The Morgan fingerprint density at radius 2 is 1.58 bits per heavy atom. The van der Waals surface area contributed by atoms with Crippen LogP contribution in [0.3, 0.4) is 0 Å². The highest BCUT2D eigenvalue weighted by Crippen LogP contribution is 2.59. The highest BCUT2D eigenvalue weighted by Gasteiger charge is 2.56. The van der Waals surface area contributed by atoms with Gasteiger partial charge in [-0.25, -0.2) is 14.8 Å². The number of hydrogen-bond donors (Lipinski definition) is 4. The number of carbonyl (C=O) groups is 4. The van der Waals surface area contributed by atoms with E-state index in [9.17, 15) is 24.3 Å². The summed E-state index contributed by atoms with van der Waals surface area (Å²) in [5, 5.41) is 12.1. The van der Waals surface area contributed by atoms with E-state index in [1.165, 1.54) is 13.2 Å². The Kier molecular flexibility index (Phi) is 10.5. The molecule has 2 aliphatic heterocycles. The molecule has 3 aromatic carbocycles. The van der Waals surface area contributed by atoms with Crippen LogP contribution in [0.25, 0.3) is 44.5 Å². The van der Waals surface area contributed by atoms with Crippen LogP contribution in [0.5, 0.6) is 0 Å². The number of aliphatic hydroxyl groups is 1. The fourth-order valence-electron chi connectivity index (χ4n) is 11.3. The van der Waals surface area contributed by atoms with E-state index in [0.29, 0.717) is 51.7 Å². The molecule has 13 nitrogen and oxygen atoms in total. The number of benzene rings is 3. The van der Waals surface area contributed by atoms with Gasteiger partial charge in [0.1, 0.15) is 24.3 Å². The first-order valence-electron chi connectivity index (χ1n) is 22.9. The zero-order valence-electron chi connectivity index (χ0n) is 37.3. The van der Waals surface area contributed by atoms with Crippen molar-refractivity contribution < 1.29 is 37.8 Å². The number of nitrogens with zero attached hydrogens (tertiary/aromatic N) is 4. The Labute approximate surface area is 375 Å². The second kappa shape index (κ2) is 15.9. The summed E-state index contributed by atoms with van der Waals surface area (Å²) in [5.41, 5.74) is 4.68. The maximum absolute atomic E-state index is 16.7. The average molecular weight is 888 g/mol. The Balaban J connectivity index is 0.896. The van der Waals surface area contributed by atoms with Crippen molar-refractivity contribution in [1.29, 1.82) is 0 Å². The monoisotopic (exact) mass is 887 g/mol. The zero-order valence-corrected chi connectivity index (χ0v) is 37.3. The maximum atomic E-state index is 16.7. The number of aromatic amines is 2. The van der Waals surface area contributed by atoms with Crippen molar-refractivity contribution in [3.8, 4) is 33.5 Å². The number of likely N-dealkylation sites (tertiary alicyclic amines) is 2. The van der Waals surface area contributed by atoms with Gasteiger partial charge >= 0.3 is 6.09 Å². The van der Waals surface area contributed by atoms with Gasteiger partial charge in [0.05, 0.1) is 42.1 Å². The lowest BCUT2D eigenvalue weighted by Gasteiger charge is -2.37. The van der Waals surface area contributed by atoms with Crippen LogP contribution < -0.4 is 5.32 Å². The summed E-state index contributed by atoms with van der Waals surface area (Å²) < 4.78 is 38.2. The minimum absolute atomic E-state index is 0.00166. The maximum Gasteiger partial charge on any atom is 0.407 e. The molecule has 5 aliphatic rings. The number of ketones is 1. The summed E-state index contributed by atoms with van der Waals surface area (Å²) in [7, 11) is 1.26. The first-order valence-corrected chi connectivity index (χ1v) is 22.9. The Morgan fingerprint density at radius 1 is 0.892 bits per heavy atom. The summed E-state index contributed by atoms with van der Waals surface area (Å²) in [4.78, 5) is 72.8. The highest BCUT2D eigenvalue weighted by atomic mass is 19.3. The van der Waals surface area contributed by atoms with E-state index < -0.39 is 30.6 Å². The molecule has 10 rings (SSSR count). The molecule has 6 atom stereocenters. The van der Waals surface area contributed by atoms with Crippen molar-refractivity contribution in [1.82, 2.24) is 35.1 Å². The number of imidazole rings is 2. The number of amides is 3. The number of aromatic nitrogens is 4. The van der Waals surface area contributed by atoms with Crippen LogP contribution in [-0.4, -0.2) is 90.9 Å². The van der Waals surface area contributed by atoms with Gasteiger partial charge < -0.3 is 34.9 Å². The number of ether oxygens (including phenoxy) is 1. The van der Waals surface area contributed by atoms with E-state index in [0.717, 1.165) is 49.6 Å². The van der Waals surface area contributed by atoms with Crippen molar-refractivity contribution in [3.63, 3.8) is 0 Å². The number of alkyl carbamates (subject to hydrolysis) is 1. The zero-order chi connectivity index (χ0) is 45.7. The average Bonchev–Trinajstić information content (AvgIpc) is 3.95. The molecule has 5 aromatic rings. The molecule has 4 fully saturated rings. The summed E-state index contributed by atoms with van der Waals surface area (Å²) in [6, 6.07) is 14.6. The molecule has 4 N–H and O–H groups in total. The Bertz CT molecular complexity index is 2740. The second-order valence-electron chi connectivity index (χ2n) is 19.8. The van der Waals surface area contributed by atoms with Crippen molar-refractivity contribution in [3.05, 3.63) is 83.6 Å². The topological polar surface area (TPSA) is 174 Å². The molecule has 0 unspecified atom stereocenters. The summed E-state index contributed by atoms with van der Waals surface area (Å²) >= 11 is 0. The highest BCUT2D eigenvalue weighted by molar-refractivity contribution is 5.90. The van der Waals surface area contributed by atoms with Crippen molar-refractivity contribution in [2.45, 2.75) is 103 Å². The lowest BCUT2D eigenvalue weighted by atomic mass is 9.87. The molecule has 15 heteroatoms. The molecule has 0 radical (unpaired) electrons. The molecular formula is C50H55F2N7O6. The van der Waals surface area contributed by atoms with Crippen molar-refractivity contribution in [2.75, 3.05) is 20.3 Å². The minimum Gasteiger partial charge on any atom is -0.453 e. The van der Waals surface area contributed by atoms with Gasteiger partial charge in [0, 0.05) is 41.6 Å². The number of nitrogens with one attached hydrogen (secondary N) is 3. The van der Waals surface area contributed by atoms with Crippen LogP contribution in [0.15, 0.2) is 60.8 Å². The first kappa shape index (κ1) is 43.0. The number of methoxy groups -OCH3 is 1. The number of hydrogen-bond acceptors (Lipinski definition) is 8. The molecule has 1 spiro atoms. The molecule has 3 aliphatic carbocycles. The number of piperidine rings is 1. The van der Waals surface area contributed by atoms with Crippen LogP contribution >= 0.6 is 0 Å². The van der Waals surface area contributed by atoms with E-state index in [1.807, 2.05) is 62.9 Å². The number of aliphatic hydroxyl groups excluding tert-OH is 1. The van der Waals surface area contributed by atoms with E-state index in [-0.39, 0.29) is 76.4 Å². The van der Waals surface area contributed by atoms with Crippen LogP contribution in [0.4, 0.5) is 13.6 Å². The molecule has 340 valence electrons. The largest absolute Gasteiger partial charge is 0.453 e. The standard InChI is InChI=1S/C50H55F2N7O6/c1-25(2)35(20-32(61)23-60)46(62)59-31-10-6-30(16-31)43(59)45-54-38-13-9-28(19-39(38)55-45)27-7-11-33-34-12-8-29(18-37(34)50(51,52)36(33)17-27)40-22-53-44(56-40)41-21-49(14-15-49)24-58(41)47(63)42(26(3)4)57-48(64)65-5/h7-9,11-13,17-19,22,25-26,30-31,35,41-43,60H,6,10,14-16,20-21,23-24H2,1-5H3,(H,53,56)(H,54,55)(H,57,64)/t30-,31+,35-,41-,42-,43-/m0/s1. The van der Waals surface area contributed by atoms with Crippen molar-refractivity contribution in [2.24, 2.45) is 29.1 Å². The van der Waals surface area contributed by atoms with Gasteiger partial charge in [-0.3, -0.25) is 14.4 Å². The minimum atomic E-state index is -3.29. The molecule has 2 saturated heterocycles. The Morgan fingerprint density at radius 3 is 2.26 bits per heavy atom. The van der Waals surface area contributed by atoms with Gasteiger partial charge in [0.25, 0.3) is 5.92 Å². The van der Waals surface area contributed by atoms with E-state index >= 15 is 8.78 Å². The normalized spacial score (nSPS) is 23.0.